The second kappa shape index (κ2) is 6.50. The SMILES string of the molecule is Cn1nc(C(=O)N2CCc3[nH]cnc3[C@H]2c2nc3ccccc3s2)c2ccccc21. The van der Waals surface area contributed by atoms with Gasteiger partial charge in [0.2, 0.25) is 0 Å². The number of fused-ring (bicyclic) bond motifs is 3. The highest BCUT2D eigenvalue weighted by Crippen LogP contribution is 2.38. The van der Waals surface area contributed by atoms with Gasteiger partial charge in [-0.15, -0.1) is 11.3 Å². The van der Waals surface area contributed by atoms with Crippen LogP contribution in [0.25, 0.3) is 21.1 Å². The summed E-state index contributed by atoms with van der Waals surface area (Å²) in [5, 5.41) is 6.29. The number of thiazole rings is 1. The van der Waals surface area contributed by atoms with Gasteiger partial charge in [-0.2, -0.15) is 5.10 Å². The third-order valence-corrected chi connectivity index (χ3v) is 6.78. The Labute approximate surface area is 176 Å². The number of carbonyl (C=O) groups excluding carboxylic acids is 1. The highest BCUT2D eigenvalue weighted by atomic mass is 32.1. The quantitative estimate of drug-likeness (QED) is 0.478. The summed E-state index contributed by atoms with van der Waals surface area (Å²) in [5.41, 5.74) is 4.28. The summed E-state index contributed by atoms with van der Waals surface area (Å²) in [6.45, 7) is 0.583. The molecule has 1 aliphatic heterocycles. The van der Waals surface area contributed by atoms with Gasteiger partial charge in [0.15, 0.2) is 5.69 Å². The molecule has 0 radical (unpaired) electrons. The van der Waals surface area contributed by atoms with Gasteiger partial charge in [-0.1, -0.05) is 30.3 Å². The molecule has 1 N–H and O–H groups in total. The number of hydrogen-bond donors (Lipinski definition) is 1. The number of imidazole rings is 1. The number of nitrogens with one attached hydrogen (secondary N) is 1. The number of benzene rings is 2. The molecular weight excluding hydrogens is 396 g/mol. The number of aromatic amines is 1. The van der Waals surface area contributed by atoms with Crippen LogP contribution in [0, 0.1) is 0 Å². The first-order valence-electron chi connectivity index (χ1n) is 9.81. The van der Waals surface area contributed by atoms with Crippen LogP contribution in [-0.4, -0.2) is 42.1 Å². The monoisotopic (exact) mass is 414 g/mol. The average molecular weight is 414 g/mol. The van der Waals surface area contributed by atoms with Crippen molar-refractivity contribution in [1.82, 2.24) is 29.6 Å². The van der Waals surface area contributed by atoms with Crippen LogP contribution in [-0.2, 0) is 13.5 Å². The van der Waals surface area contributed by atoms with Crippen LogP contribution >= 0.6 is 11.3 Å². The average Bonchev–Trinajstić information content (AvgIpc) is 3.49. The molecule has 7 nitrogen and oxygen atoms in total. The smallest absolute Gasteiger partial charge is 0.275 e. The Balaban J connectivity index is 1.50. The molecule has 0 saturated heterocycles. The summed E-state index contributed by atoms with van der Waals surface area (Å²) >= 11 is 1.61. The summed E-state index contributed by atoms with van der Waals surface area (Å²) in [6.07, 6.45) is 2.43. The first-order chi connectivity index (χ1) is 14.7. The third-order valence-electron chi connectivity index (χ3n) is 5.69. The normalized spacial score (nSPS) is 16.3. The van der Waals surface area contributed by atoms with E-state index in [1.807, 2.05) is 54.4 Å². The van der Waals surface area contributed by atoms with E-state index in [9.17, 15) is 4.79 Å². The minimum atomic E-state index is -0.328. The fourth-order valence-electron chi connectivity index (χ4n) is 4.26. The van der Waals surface area contributed by atoms with Gasteiger partial charge in [-0.3, -0.25) is 9.48 Å². The first kappa shape index (κ1) is 17.3. The van der Waals surface area contributed by atoms with Gasteiger partial charge in [0.05, 0.1) is 27.8 Å². The van der Waals surface area contributed by atoms with E-state index in [4.69, 9.17) is 4.98 Å². The maximum Gasteiger partial charge on any atom is 0.275 e. The molecule has 30 heavy (non-hydrogen) atoms. The van der Waals surface area contributed by atoms with Gasteiger partial charge in [-0.05, 0) is 18.2 Å². The summed E-state index contributed by atoms with van der Waals surface area (Å²) < 4.78 is 2.87. The molecule has 1 amide bonds. The molecule has 5 aromatic rings. The minimum absolute atomic E-state index is 0.0929. The molecule has 0 bridgehead atoms. The number of para-hydroxylation sites is 2. The lowest BCUT2D eigenvalue weighted by atomic mass is 10.0. The number of rotatable bonds is 2. The number of H-pyrrole nitrogens is 1. The molecule has 0 spiro atoms. The molecule has 0 unspecified atom stereocenters. The molecule has 8 heteroatoms. The van der Waals surface area contributed by atoms with E-state index in [-0.39, 0.29) is 11.9 Å². The zero-order chi connectivity index (χ0) is 20.2. The van der Waals surface area contributed by atoms with Gasteiger partial charge in [0, 0.05) is 31.1 Å². The van der Waals surface area contributed by atoms with Crippen molar-refractivity contribution in [3.05, 3.63) is 76.9 Å². The Morgan fingerprint density at radius 1 is 1.17 bits per heavy atom. The molecule has 148 valence electrons. The van der Waals surface area contributed by atoms with Gasteiger partial charge < -0.3 is 9.88 Å². The maximum atomic E-state index is 13.7. The van der Waals surface area contributed by atoms with Crippen LogP contribution in [0.2, 0.25) is 0 Å². The van der Waals surface area contributed by atoms with Gasteiger partial charge >= 0.3 is 0 Å². The van der Waals surface area contributed by atoms with Gasteiger partial charge in [0.25, 0.3) is 5.91 Å². The summed E-state index contributed by atoms with van der Waals surface area (Å²) in [5.74, 6) is -0.0929. The van der Waals surface area contributed by atoms with E-state index in [1.54, 1.807) is 22.3 Å². The van der Waals surface area contributed by atoms with E-state index in [2.05, 4.69) is 21.1 Å². The number of aromatic nitrogens is 5. The van der Waals surface area contributed by atoms with E-state index < -0.39 is 0 Å². The second-order valence-corrected chi connectivity index (χ2v) is 8.49. The van der Waals surface area contributed by atoms with Gasteiger partial charge in [-0.25, -0.2) is 9.97 Å². The fourth-order valence-corrected chi connectivity index (χ4v) is 5.34. The largest absolute Gasteiger partial charge is 0.348 e. The maximum absolute atomic E-state index is 13.7. The molecule has 1 aliphatic rings. The van der Waals surface area contributed by atoms with E-state index >= 15 is 0 Å². The summed E-state index contributed by atoms with van der Waals surface area (Å²) in [7, 11) is 1.87. The van der Waals surface area contributed by atoms with Crippen molar-refractivity contribution >= 4 is 38.4 Å². The van der Waals surface area contributed by atoms with Crippen molar-refractivity contribution < 1.29 is 4.79 Å². The second-order valence-electron chi connectivity index (χ2n) is 7.43. The lowest BCUT2D eigenvalue weighted by Crippen LogP contribution is -2.41. The van der Waals surface area contributed by atoms with Crippen molar-refractivity contribution in [2.45, 2.75) is 12.5 Å². The molecule has 0 fully saturated rings. The Morgan fingerprint density at radius 2 is 2.00 bits per heavy atom. The van der Waals surface area contributed by atoms with Crippen molar-refractivity contribution in [2.24, 2.45) is 7.05 Å². The van der Waals surface area contributed by atoms with E-state index in [1.165, 1.54) is 0 Å². The molecule has 6 rings (SSSR count). The van der Waals surface area contributed by atoms with Crippen LogP contribution in [0.1, 0.15) is 32.9 Å². The lowest BCUT2D eigenvalue weighted by Gasteiger charge is -2.33. The highest BCUT2D eigenvalue weighted by Gasteiger charge is 2.37. The molecule has 1 atom stereocenters. The van der Waals surface area contributed by atoms with E-state index in [0.29, 0.717) is 12.2 Å². The van der Waals surface area contributed by atoms with Crippen molar-refractivity contribution in [3.63, 3.8) is 0 Å². The standard InChI is InChI=1S/C22H18N6OS/c1-27-16-8-4-2-6-13(16)18(26-27)22(29)28-11-10-15-19(24-12-23-15)20(28)21-25-14-7-3-5-9-17(14)30-21/h2-9,12,20H,10-11H2,1H3,(H,23,24)/t20-/m0/s1. The van der Waals surface area contributed by atoms with Gasteiger partial charge in [0.1, 0.15) is 11.0 Å². The van der Waals surface area contributed by atoms with Crippen molar-refractivity contribution in [2.75, 3.05) is 6.54 Å². The molecule has 2 aromatic carbocycles. The molecule has 3 aromatic heterocycles. The summed E-state index contributed by atoms with van der Waals surface area (Å²) in [4.78, 5) is 28.3. The summed E-state index contributed by atoms with van der Waals surface area (Å²) in [6, 6.07) is 15.5. The van der Waals surface area contributed by atoms with Crippen LogP contribution in [0.4, 0.5) is 0 Å². The van der Waals surface area contributed by atoms with Crippen LogP contribution in [0.15, 0.2) is 54.9 Å². The molecular formula is C22H18N6OS. The Hall–Kier alpha value is -3.52. The predicted molar refractivity (Wildman–Crippen MR) is 116 cm³/mol. The van der Waals surface area contributed by atoms with Crippen LogP contribution in [0.5, 0.6) is 0 Å². The lowest BCUT2D eigenvalue weighted by molar-refractivity contribution is 0.0685. The molecule has 0 aliphatic carbocycles. The molecule has 4 heterocycles. The highest BCUT2D eigenvalue weighted by molar-refractivity contribution is 7.18. The Kier molecular flexibility index (Phi) is 3.76. The Bertz CT molecular complexity index is 1380. The van der Waals surface area contributed by atoms with E-state index in [0.717, 1.165) is 43.9 Å². The number of aryl methyl sites for hydroxylation is 1. The topological polar surface area (TPSA) is 79.7 Å². The molecule has 0 saturated carbocycles. The number of amides is 1. The number of carbonyl (C=O) groups is 1. The van der Waals surface area contributed by atoms with Crippen molar-refractivity contribution in [1.29, 1.82) is 0 Å². The Morgan fingerprint density at radius 3 is 2.90 bits per heavy atom. The predicted octanol–water partition coefficient (Wildman–Crippen LogP) is 3.69. The zero-order valence-electron chi connectivity index (χ0n) is 16.2. The van der Waals surface area contributed by atoms with Crippen LogP contribution in [0.3, 0.4) is 0 Å². The fraction of sp³-hybridized carbons (Fsp3) is 0.182. The first-order valence-corrected chi connectivity index (χ1v) is 10.6. The van der Waals surface area contributed by atoms with Crippen LogP contribution < -0.4 is 0 Å². The minimum Gasteiger partial charge on any atom is -0.348 e. The number of hydrogen-bond acceptors (Lipinski definition) is 5. The zero-order valence-corrected chi connectivity index (χ0v) is 17.1. The van der Waals surface area contributed by atoms with Crippen molar-refractivity contribution in [3.8, 4) is 0 Å². The third kappa shape index (κ3) is 2.50. The number of nitrogens with zero attached hydrogens (tertiary/aromatic N) is 5.